The highest BCUT2D eigenvalue weighted by molar-refractivity contribution is 9.10. The van der Waals surface area contributed by atoms with Crippen LogP contribution >= 0.6 is 15.9 Å². The van der Waals surface area contributed by atoms with Gasteiger partial charge in [0, 0.05) is 4.47 Å². The predicted octanol–water partition coefficient (Wildman–Crippen LogP) is 2.44. The Bertz CT molecular complexity index is 496. The van der Waals surface area contributed by atoms with Gasteiger partial charge in [-0.25, -0.2) is 4.79 Å². The fourth-order valence-electron chi connectivity index (χ4n) is 1.56. The SMILES string of the molecule is CC(C)(C)[C@H](NC(=O)COc1cccc(Br)c1)C(=O)O. The van der Waals surface area contributed by atoms with E-state index in [1.54, 1.807) is 39.0 Å². The van der Waals surface area contributed by atoms with Crippen LogP contribution in [0.4, 0.5) is 0 Å². The molecule has 2 N–H and O–H groups in total. The van der Waals surface area contributed by atoms with Gasteiger partial charge in [0.05, 0.1) is 0 Å². The third kappa shape index (κ3) is 5.21. The van der Waals surface area contributed by atoms with E-state index in [1.807, 2.05) is 6.07 Å². The molecule has 1 amide bonds. The summed E-state index contributed by atoms with van der Waals surface area (Å²) in [4.78, 5) is 22.9. The first-order chi connectivity index (χ1) is 9.20. The second-order valence-electron chi connectivity index (χ2n) is 5.45. The number of amides is 1. The van der Waals surface area contributed by atoms with Gasteiger partial charge in [0.1, 0.15) is 11.8 Å². The second-order valence-corrected chi connectivity index (χ2v) is 6.37. The van der Waals surface area contributed by atoms with Crippen LogP contribution in [0, 0.1) is 5.41 Å². The molecule has 1 aromatic carbocycles. The average molecular weight is 344 g/mol. The highest BCUT2D eigenvalue weighted by Gasteiger charge is 2.32. The molecule has 6 heteroatoms. The van der Waals surface area contributed by atoms with Gasteiger partial charge >= 0.3 is 5.97 Å². The molecule has 0 aliphatic heterocycles. The summed E-state index contributed by atoms with van der Waals surface area (Å²) in [6.07, 6.45) is 0. The number of ether oxygens (including phenoxy) is 1. The van der Waals surface area contributed by atoms with E-state index in [1.165, 1.54) is 0 Å². The van der Waals surface area contributed by atoms with Gasteiger partial charge in [0.15, 0.2) is 6.61 Å². The number of carboxylic acid groups (broad SMARTS) is 1. The Balaban J connectivity index is 2.57. The van der Waals surface area contributed by atoms with Gasteiger partial charge in [-0.1, -0.05) is 42.8 Å². The van der Waals surface area contributed by atoms with E-state index in [4.69, 9.17) is 9.84 Å². The van der Waals surface area contributed by atoms with E-state index in [0.717, 1.165) is 4.47 Å². The van der Waals surface area contributed by atoms with Gasteiger partial charge in [-0.05, 0) is 23.6 Å². The number of rotatable bonds is 5. The summed E-state index contributed by atoms with van der Waals surface area (Å²) in [5.74, 6) is -0.988. The third-order valence-corrected chi connectivity index (χ3v) is 3.08. The van der Waals surface area contributed by atoms with Crippen molar-refractivity contribution >= 4 is 27.8 Å². The van der Waals surface area contributed by atoms with Crippen molar-refractivity contribution in [1.29, 1.82) is 0 Å². The first-order valence-corrected chi connectivity index (χ1v) is 6.90. The molecule has 0 heterocycles. The predicted molar refractivity (Wildman–Crippen MR) is 78.7 cm³/mol. The van der Waals surface area contributed by atoms with Gasteiger partial charge in [-0.3, -0.25) is 4.79 Å². The number of halogens is 1. The number of carbonyl (C=O) groups is 2. The molecule has 0 bridgehead atoms. The monoisotopic (exact) mass is 343 g/mol. The minimum absolute atomic E-state index is 0.226. The van der Waals surface area contributed by atoms with Crippen LogP contribution in [0.2, 0.25) is 0 Å². The Kier molecular flexibility index (Phi) is 5.56. The lowest BCUT2D eigenvalue weighted by Gasteiger charge is -2.27. The van der Waals surface area contributed by atoms with Gasteiger partial charge in [0.2, 0.25) is 0 Å². The van der Waals surface area contributed by atoms with Crippen LogP contribution in [-0.4, -0.2) is 29.6 Å². The van der Waals surface area contributed by atoms with E-state index in [9.17, 15) is 9.59 Å². The highest BCUT2D eigenvalue weighted by atomic mass is 79.9. The molecule has 1 atom stereocenters. The van der Waals surface area contributed by atoms with Crippen LogP contribution in [0.15, 0.2) is 28.7 Å². The fraction of sp³-hybridized carbons (Fsp3) is 0.429. The van der Waals surface area contributed by atoms with E-state index >= 15 is 0 Å². The van der Waals surface area contributed by atoms with Gasteiger partial charge in [0.25, 0.3) is 5.91 Å². The summed E-state index contributed by atoms with van der Waals surface area (Å²) < 4.78 is 6.15. The number of hydrogen-bond acceptors (Lipinski definition) is 3. The minimum Gasteiger partial charge on any atom is -0.484 e. The molecule has 0 fully saturated rings. The number of carbonyl (C=O) groups excluding carboxylic acids is 1. The Morgan fingerprint density at radius 1 is 1.40 bits per heavy atom. The van der Waals surface area contributed by atoms with Crippen molar-refractivity contribution in [2.24, 2.45) is 5.41 Å². The van der Waals surface area contributed by atoms with Crippen LogP contribution in [0.1, 0.15) is 20.8 Å². The van der Waals surface area contributed by atoms with Crippen LogP contribution in [0.25, 0.3) is 0 Å². The molecule has 0 radical (unpaired) electrons. The summed E-state index contributed by atoms with van der Waals surface area (Å²) in [6.45, 7) is 5.03. The Morgan fingerprint density at radius 3 is 2.55 bits per heavy atom. The lowest BCUT2D eigenvalue weighted by Crippen LogP contribution is -2.50. The van der Waals surface area contributed by atoms with Crippen molar-refractivity contribution in [2.45, 2.75) is 26.8 Å². The molecule has 5 nitrogen and oxygen atoms in total. The lowest BCUT2D eigenvalue weighted by molar-refractivity contribution is -0.145. The van der Waals surface area contributed by atoms with Crippen LogP contribution in [0.3, 0.4) is 0 Å². The molecule has 0 saturated carbocycles. The van der Waals surface area contributed by atoms with Crippen LogP contribution in [-0.2, 0) is 9.59 Å². The maximum Gasteiger partial charge on any atom is 0.326 e. The van der Waals surface area contributed by atoms with E-state index in [0.29, 0.717) is 5.75 Å². The number of carboxylic acids is 1. The van der Waals surface area contributed by atoms with Crippen LogP contribution < -0.4 is 10.1 Å². The summed E-state index contributed by atoms with van der Waals surface area (Å²) in [7, 11) is 0. The zero-order valence-corrected chi connectivity index (χ0v) is 13.2. The zero-order valence-electron chi connectivity index (χ0n) is 11.6. The second kappa shape index (κ2) is 6.74. The zero-order chi connectivity index (χ0) is 15.3. The molecule has 0 saturated heterocycles. The van der Waals surface area contributed by atoms with Crippen molar-refractivity contribution < 1.29 is 19.4 Å². The summed E-state index contributed by atoms with van der Waals surface area (Å²) in [5, 5.41) is 11.6. The molecule has 20 heavy (non-hydrogen) atoms. The average Bonchev–Trinajstić information content (AvgIpc) is 2.31. The molecule has 1 rings (SSSR count). The summed E-state index contributed by atoms with van der Waals surface area (Å²) in [6, 6.07) is 6.11. The van der Waals surface area contributed by atoms with Crippen molar-refractivity contribution in [3.63, 3.8) is 0 Å². The largest absolute Gasteiger partial charge is 0.484 e. The maximum atomic E-state index is 11.8. The smallest absolute Gasteiger partial charge is 0.326 e. The lowest BCUT2D eigenvalue weighted by atomic mass is 9.87. The minimum atomic E-state index is -1.06. The first-order valence-electron chi connectivity index (χ1n) is 6.10. The molecule has 110 valence electrons. The number of nitrogens with one attached hydrogen (secondary N) is 1. The molecule has 0 aliphatic rings. The maximum absolute atomic E-state index is 11.8. The quantitative estimate of drug-likeness (QED) is 0.860. The normalized spacial score (nSPS) is 12.6. The topological polar surface area (TPSA) is 75.6 Å². The van der Waals surface area contributed by atoms with Crippen molar-refractivity contribution in [3.05, 3.63) is 28.7 Å². The molecular weight excluding hydrogens is 326 g/mol. The Morgan fingerprint density at radius 2 is 2.05 bits per heavy atom. The summed E-state index contributed by atoms with van der Waals surface area (Å²) in [5.41, 5.74) is -0.572. The van der Waals surface area contributed by atoms with Crippen molar-refractivity contribution in [2.75, 3.05) is 6.61 Å². The molecular formula is C14H18BrNO4. The standard InChI is InChI=1S/C14H18BrNO4/c1-14(2,3)12(13(18)19)16-11(17)8-20-10-6-4-5-9(15)7-10/h4-7,12H,8H2,1-3H3,(H,16,17)(H,18,19)/t12-/m1/s1. The van der Waals surface area contributed by atoms with Gasteiger partial charge < -0.3 is 15.2 Å². The number of benzene rings is 1. The number of hydrogen-bond donors (Lipinski definition) is 2. The van der Waals surface area contributed by atoms with Crippen LogP contribution in [0.5, 0.6) is 5.75 Å². The van der Waals surface area contributed by atoms with Gasteiger partial charge in [-0.15, -0.1) is 0 Å². The summed E-state index contributed by atoms with van der Waals surface area (Å²) >= 11 is 3.30. The van der Waals surface area contributed by atoms with E-state index in [2.05, 4.69) is 21.2 Å². The van der Waals surface area contributed by atoms with Gasteiger partial charge in [-0.2, -0.15) is 0 Å². The Labute approximate surface area is 126 Å². The number of aliphatic carboxylic acids is 1. The fourth-order valence-corrected chi connectivity index (χ4v) is 1.94. The highest BCUT2D eigenvalue weighted by Crippen LogP contribution is 2.20. The molecule has 0 spiro atoms. The van der Waals surface area contributed by atoms with Crippen molar-refractivity contribution in [3.8, 4) is 5.75 Å². The first kappa shape index (κ1) is 16.5. The Hall–Kier alpha value is -1.56. The molecule has 0 aliphatic carbocycles. The van der Waals surface area contributed by atoms with Crippen molar-refractivity contribution in [1.82, 2.24) is 5.32 Å². The molecule has 0 unspecified atom stereocenters. The third-order valence-electron chi connectivity index (χ3n) is 2.58. The molecule has 0 aromatic heterocycles. The van der Waals surface area contributed by atoms with E-state index < -0.39 is 23.3 Å². The molecule has 1 aromatic rings. The van der Waals surface area contributed by atoms with E-state index in [-0.39, 0.29) is 6.61 Å².